The second-order valence-corrected chi connectivity index (χ2v) is 3.70. The zero-order valence-electron chi connectivity index (χ0n) is 8.86. The van der Waals surface area contributed by atoms with Crippen molar-refractivity contribution in [1.29, 1.82) is 0 Å². The second kappa shape index (κ2) is 5.55. The SMILES string of the molecule is CCC(NCC1CCC(=O)N1)C(N)=NO. The average molecular weight is 214 g/mol. The molecule has 1 heterocycles. The zero-order chi connectivity index (χ0) is 11.3. The quantitative estimate of drug-likeness (QED) is 0.212. The zero-order valence-corrected chi connectivity index (χ0v) is 8.86. The first kappa shape index (κ1) is 11.8. The van der Waals surface area contributed by atoms with Gasteiger partial charge in [-0.05, 0) is 12.8 Å². The molecule has 1 fully saturated rings. The van der Waals surface area contributed by atoms with Gasteiger partial charge in [-0.15, -0.1) is 0 Å². The number of amides is 1. The molecule has 2 atom stereocenters. The number of hydrogen-bond donors (Lipinski definition) is 4. The lowest BCUT2D eigenvalue weighted by atomic mass is 10.1. The number of amidine groups is 1. The molecule has 6 heteroatoms. The van der Waals surface area contributed by atoms with E-state index in [0.717, 1.165) is 12.8 Å². The van der Waals surface area contributed by atoms with Crippen LogP contribution in [0.25, 0.3) is 0 Å². The summed E-state index contributed by atoms with van der Waals surface area (Å²) in [5.74, 6) is 0.278. The van der Waals surface area contributed by atoms with Crippen LogP contribution in [0.2, 0.25) is 0 Å². The third-order valence-corrected chi connectivity index (χ3v) is 2.58. The molecule has 1 rings (SSSR count). The number of nitrogens with one attached hydrogen (secondary N) is 2. The molecule has 1 aliphatic heterocycles. The Morgan fingerprint density at radius 1 is 1.87 bits per heavy atom. The highest BCUT2D eigenvalue weighted by molar-refractivity contribution is 5.85. The van der Waals surface area contributed by atoms with Crippen molar-refractivity contribution in [3.05, 3.63) is 0 Å². The smallest absolute Gasteiger partial charge is 0.220 e. The van der Waals surface area contributed by atoms with Crippen LogP contribution in [0.15, 0.2) is 5.16 Å². The summed E-state index contributed by atoms with van der Waals surface area (Å²) in [5, 5.41) is 17.5. The van der Waals surface area contributed by atoms with Crippen molar-refractivity contribution in [1.82, 2.24) is 10.6 Å². The first-order valence-corrected chi connectivity index (χ1v) is 5.17. The molecule has 1 amide bonds. The summed E-state index contributed by atoms with van der Waals surface area (Å²) < 4.78 is 0. The van der Waals surface area contributed by atoms with Gasteiger partial charge >= 0.3 is 0 Å². The Balaban J connectivity index is 2.31. The fourth-order valence-electron chi connectivity index (χ4n) is 1.64. The summed E-state index contributed by atoms with van der Waals surface area (Å²) in [5.41, 5.74) is 5.49. The normalized spacial score (nSPS) is 23.9. The van der Waals surface area contributed by atoms with Crippen LogP contribution in [-0.2, 0) is 4.79 Å². The molecular formula is C9H18N4O2. The van der Waals surface area contributed by atoms with Gasteiger partial charge in [-0.25, -0.2) is 0 Å². The number of rotatable bonds is 5. The van der Waals surface area contributed by atoms with E-state index < -0.39 is 0 Å². The van der Waals surface area contributed by atoms with E-state index in [-0.39, 0.29) is 23.8 Å². The third kappa shape index (κ3) is 3.39. The van der Waals surface area contributed by atoms with Crippen LogP contribution in [0, 0.1) is 0 Å². The van der Waals surface area contributed by atoms with Crippen molar-refractivity contribution in [3.8, 4) is 0 Å². The Kier molecular flexibility index (Phi) is 4.36. The Morgan fingerprint density at radius 2 is 2.60 bits per heavy atom. The van der Waals surface area contributed by atoms with Crippen molar-refractivity contribution in [2.24, 2.45) is 10.9 Å². The summed E-state index contributed by atoms with van der Waals surface area (Å²) in [7, 11) is 0. The molecule has 0 saturated carbocycles. The van der Waals surface area contributed by atoms with Crippen molar-refractivity contribution in [3.63, 3.8) is 0 Å². The number of nitrogens with two attached hydrogens (primary N) is 1. The van der Waals surface area contributed by atoms with Crippen molar-refractivity contribution in [2.45, 2.75) is 38.3 Å². The monoisotopic (exact) mass is 214 g/mol. The first-order chi connectivity index (χ1) is 7.17. The van der Waals surface area contributed by atoms with Crippen molar-refractivity contribution in [2.75, 3.05) is 6.54 Å². The number of carbonyl (C=O) groups excluding carboxylic acids is 1. The number of oxime groups is 1. The van der Waals surface area contributed by atoms with Crippen LogP contribution in [0.5, 0.6) is 0 Å². The van der Waals surface area contributed by atoms with Crippen LogP contribution in [0.1, 0.15) is 26.2 Å². The van der Waals surface area contributed by atoms with Crippen molar-refractivity contribution >= 4 is 11.7 Å². The van der Waals surface area contributed by atoms with Crippen molar-refractivity contribution < 1.29 is 10.0 Å². The molecule has 0 aliphatic carbocycles. The molecule has 0 radical (unpaired) electrons. The van der Waals surface area contributed by atoms with Gasteiger partial charge in [0.05, 0.1) is 6.04 Å². The molecule has 5 N–H and O–H groups in total. The molecule has 6 nitrogen and oxygen atoms in total. The number of carbonyl (C=O) groups is 1. The fraction of sp³-hybridized carbons (Fsp3) is 0.778. The van der Waals surface area contributed by atoms with Crippen LogP contribution < -0.4 is 16.4 Å². The molecule has 86 valence electrons. The van der Waals surface area contributed by atoms with Gasteiger partial charge in [0.15, 0.2) is 5.84 Å². The molecule has 15 heavy (non-hydrogen) atoms. The molecule has 0 aromatic rings. The lowest BCUT2D eigenvalue weighted by Crippen LogP contribution is -2.46. The molecule has 0 bridgehead atoms. The van der Waals surface area contributed by atoms with E-state index in [4.69, 9.17) is 10.9 Å². The highest BCUT2D eigenvalue weighted by Crippen LogP contribution is 2.05. The minimum absolute atomic E-state index is 0.0960. The van der Waals surface area contributed by atoms with Gasteiger partial charge in [0.2, 0.25) is 5.91 Å². The van der Waals surface area contributed by atoms with Crippen LogP contribution in [0.3, 0.4) is 0 Å². The van der Waals surface area contributed by atoms with Gasteiger partial charge in [0, 0.05) is 19.0 Å². The van der Waals surface area contributed by atoms with Gasteiger partial charge in [-0.1, -0.05) is 12.1 Å². The molecule has 0 spiro atoms. The van der Waals surface area contributed by atoms with Crippen LogP contribution in [0.4, 0.5) is 0 Å². The van der Waals surface area contributed by atoms with E-state index in [2.05, 4.69) is 15.8 Å². The maximum Gasteiger partial charge on any atom is 0.220 e. The van der Waals surface area contributed by atoms with Gasteiger partial charge in [-0.2, -0.15) is 0 Å². The van der Waals surface area contributed by atoms with Crippen LogP contribution >= 0.6 is 0 Å². The van der Waals surface area contributed by atoms with Gasteiger partial charge in [-0.3, -0.25) is 4.79 Å². The predicted molar refractivity (Wildman–Crippen MR) is 56.7 cm³/mol. The number of nitrogens with zero attached hydrogens (tertiary/aromatic N) is 1. The van der Waals surface area contributed by atoms with Gasteiger partial charge < -0.3 is 21.6 Å². The van der Waals surface area contributed by atoms with E-state index in [1.807, 2.05) is 6.92 Å². The maximum absolute atomic E-state index is 10.9. The Hall–Kier alpha value is -1.30. The van der Waals surface area contributed by atoms with Crippen LogP contribution in [-0.4, -0.2) is 35.6 Å². The summed E-state index contributed by atoms with van der Waals surface area (Å²) in [6.45, 7) is 2.60. The third-order valence-electron chi connectivity index (χ3n) is 2.58. The lowest BCUT2D eigenvalue weighted by molar-refractivity contribution is -0.119. The lowest BCUT2D eigenvalue weighted by Gasteiger charge is -2.18. The Bertz CT molecular complexity index is 254. The topological polar surface area (TPSA) is 99.7 Å². The summed E-state index contributed by atoms with van der Waals surface area (Å²) in [6, 6.07) is 0.0329. The minimum atomic E-state index is -0.132. The van der Waals surface area contributed by atoms with Gasteiger partial charge in [0.25, 0.3) is 0 Å². The fourth-order valence-corrected chi connectivity index (χ4v) is 1.64. The minimum Gasteiger partial charge on any atom is -0.409 e. The van der Waals surface area contributed by atoms with E-state index in [9.17, 15) is 4.79 Å². The van der Waals surface area contributed by atoms with E-state index in [1.54, 1.807) is 0 Å². The molecular weight excluding hydrogens is 196 g/mol. The highest BCUT2D eigenvalue weighted by atomic mass is 16.4. The van der Waals surface area contributed by atoms with E-state index >= 15 is 0 Å². The Labute approximate surface area is 88.9 Å². The second-order valence-electron chi connectivity index (χ2n) is 3.70. The van der Waals surface area contributed by atoms with Gasteiger partial charge in [0.1, 0.15) is 0 Å². The maximum atomic E-state index is 10.9. The Morgan fingerprint density at radius 3 is 3.07 bits per heavy atom. The molecule has 0 aromatic carbocycles. The largest absolute Gasteiger partial charge is 0.409 e. The highest BCUT2D eigenvalue weighted by Gasteiger charge is 2.21. The number of hydrogen-bond acceptors (Lipinski definition) is 4. The first-order valence-electron chi connectivity index (χ1n) is 5.17. The summed E-state index contributed by atoms with van der Waals surface area (Å²) in [6.07, 6.45) is 2.18. The predicted octanol–water partition coefficient (Wildman–Crippen LogP) is -0.620. The van der Waals surface area contributed by atoms with E-state index in [0.29, 0.717) is 13.0 Å². The summed E-state index contributed by atoms with van der Waals surface area (Å²) in [4.78, 5) is 10.9. The molecule has 2 unspecified atom stereocenters. The van der Waals surface area contributed by atoms with E-state index in [1.165, 1.54) is 0 Å². The molecule has 0 aromatic heterocycles. The molecule has 1 aliphatic rings. The average Bonchev–Trinajstić information content (AvgIpc) is 2.64. The molecule has 1 saturated heterocycles. The summed E-state index contributed by atoms with van der Waals surface area (Å²) >= 11 is 0. The standard InChI is InChI=1S/C9H18N4O2/c1-2-7(9(10)13-15)11-5-6-3-4-8(14)12-6/h6-7,11,15H,2-5H2,1H3,(H2,10,13)(H,12,14).